The number of rotatable bonds is 6. The summed E-state index contributed by atoms with van der Waals surface area (Å²) in [6.45, 7) is -0.460. The Bertz CT molecular complexity index is 1020. The van der Waals surface area contributed by atoms with E-state index >= 15 is 0 Å². The summed E-state index contributed by atoms with van der Waals surface area (Å²) < 4.78 is 5.13. The fourth-order valence-corrected chi connectivity index (χ4v) is 3.38. The molecule has 2 amide bonds. The SMILES string of the molecule is CN(C(=O)c1cccs1)c1ccccc1C(=O)OCC(=O)Nc1ccc(Cl)cc1. The summed E-state index contributed by atoms with van der Waals surface area (Å²) in [6, 6.07) is 16.6. The molecule has 2 aromatic carbocycles. The van der Waals surface area contributed by atoms with E-state index in [1.54, 1.807) is 73.1 Å². The maximum absolute atomic E-state index is 12.6. The molecule has 0 spiro atoms. The standard InChI is InChI=1S/C21H17ClN2O4S/c1-24(20(26)18-7-4-12-29-18)17-6-3-2-5-16(17)21(27)28-13-19(25)23-15-10-8-14(22)9-11-15/h2-12H,13H2,1H3,(H,23,25). The molecule has 148 valence electrons. The van der Waals surface area contributed by atoms with Gasteiger partial charge in [-0.05, 0) is 47.8 Å². The van der Waals surface area contributed by atoms with Crippen LogP contribution >= 0.6 is 22.9 Å². The van der Waals surface area contributed by atoms with E-state index in [0.717, 1.165) is 0 Å². The molecule has 0 aliphatic rings. The minimum Gasteiger partial charge on any atom is -0.452 e. The number of carbonyl (C=O) groups is 3. The number of halogens is 1. The Labute approximate surface area is 176 Å². The van der Waals surface area contributed by atoms with Crippen LogP contribution in [0.2, 0.25) is 5.02 Å². The number of nitrogens with zero attached hydrogens (tertiary/aromatic N) is 1. The van der Waals surface area contributed by atoms with Crippen LogP contribution in [0.25, 0.3) is 0 Å². The zero-order valence-electron chi connectivity index (χ0n) is 15.4. The van der Waals surface area contributed by atoms with Gasteiger partial charge in [0, 0.05) is 17.8 Å². The predicted molar refractivity (Wildman–Crippen MR) is 114 cm³/mol. The number of ether oxygens (including phenoxy) is 1. The monoisotopic (exact) mass is 428 g/mol. The van der Waals surface area contributed by atoms with Crippen molar-refractivity contribution in [2.75, 3.05) is 23.9 Å². The molecule has 3 aromatic rings. The largest absolute Gasteiger partial charge is 0.452 e. The number of hydrogen-bond acceptors (Lipinski definition) is 5. The number of amides is 2. The number of hydrogen-bond donors (Lipinski definition) is 1. The Morgan fingerprint density at radius 2 is 1.76 bits per heavy atom. The topological polar surface area (TPSA) is 75.7 Å². The Morgan fingerprint density at radius 3 is 2.45 bits per heavy atom. The van der Waals surface area contributed by atoms with E-state index in [2.05, 4.69) is 5.32 Å². The lowest BCUT2D eigenvalue weighted by Gasteiger charge is -2.19. The summed E-state index contributed by atoms with van der Waals surface area (Å²) in [7, 11) is 1.58. The van der Waals surface area contributed by atoms with Crippen LogP contribution in [0.5, 0.6) is 0 Å². The van der Waals surface area contributed by atoms with E-state index in [9.17, 15) is 14.4 Å². The molecule has 1 aromatic heterocycles. The summed E-state index contributed by atoms with van der Waals surface area (Å²) in [4.78, 5) is 39.1. The average Bonchev–Trinajstić information content (AvgIpc) is 3.27. The summed E-state index contributed by atoms with van der Waals surface area (Å²) in [5.41, 5.74) is 1.13. The maximum atomic E-state index is 12.6. The lowest BCUT2D eigenvalue weighted by molar-refractivity contribution is -0.119. The fourth-order valence-electron chi connectivity index (χ4n) is 2.55. The number of thiophene rings is 1. The molecule has 0 saturated carbocycles. The van der Waals surface area contributed by atoms with Crippen LogP contribution in [0.1, 0.15) is 20.0 Å². The zero-order valence-corrected chi connectivity index (χ0v) is 17.0. The lowest BCUT2D eigenvalue weighted by atomic mass is 10.1. The number of carbonyl (C=O) groups excluding carboxylic acids is 3. The Morgan fingerprint density at radius 1 is 1.03 bits per heavy atom. The molecule has 3 rings (SSSR count). The first-order valence-electron chi connectivity index (χ1n) is 8.59. The quantitative estimate of drug-likeness (QED) is 0.587. The van der Waals surface area contributed by atoms with Gasteiger partial charge in [0.25, 0.3) is 11.8 Å². The Balaban J connectivity index is 1.66. The first-order chi connectivity index (χ1) is 14.0. The van der Waals surface area contributed by atoms with E-state index in [1.165, 1.54) is 16.2 Å². The number of benzene rings is 2. The van der Waals surface area contributed by atoms with Crippen LogP contribution in [-0.4, -0.2) is 31.4 Å². The van der Waals surface area contributed by atoms with Gasteiger partial charge in [-0.15, -0.1) is 11.3 Å². The number of esters is 1. The first kappa shape index (κ1) is 20.6. The maximum Gasteiger partial charge on any atom is 0.340 e. The third kappa shape index (κ3) is 5.22. The van der Waals surface area contributed by atoms with E-state index in [-0.39, 0.29) is 11.5 Å². The molecule has 6 nitrogen and oxygen atoms in total. The molecule has 1 heterocycles. The van der Waals surface area contributed by atoms with Gasteiger partial charge in [-0.1, -0.05) is 29.8 Å². The highest BCUT2D eigenvalue weighted by Crippen LogP contribution is 2.23. The van der Waals surface area contributed by atoms with Gasteiger partial charge in [0.15, 0.2) is 6.61 Å². The van der Waals surface area contributed by atoms with Crippen molar-refractivity contribution in [1.29, 1.82) is 0 Å². The van der Waals surface area contributed by atoms with Crippen LogP contribution in [-0.2, 0) is 9.53 Å². The van der Waals surface area contributed by atoms with Crippen molar-refractivity contribution < 1.29 is 19.1 Å². The smallest absolute Gasteiger partial charge is 0.340 e. The van der Waals surface area contributed by atoms with Crippen LogP contribution < -0.4 is 10.2 Å². The molecule has 1 N–H and O–H groups in total. The molecule has 0 aliphatic heterocycles. The van der Waals surface area contributed by atoms with Crippen molar-refractivity contribution >= 4 is 52.1 Å². The number of nitrogens with one attached hydrogen (secondary N) is 1. The normalized spacial score (nSPS) is 10.3. The minimum atomic E-state index is -0.697. The Hall–Kier alpha value is -3.16. The molecular formula is C21H17ClN2O4S. The van der Waals surface area contributed by atoms with E-state index in [1.807, 2.05) is 0 Å². The van der Waals surface area contributed by atoms with Gasteiger partial charge in [-0.25, -0.2) is 4.79 Å². The van der Waals surface area contributed by atoms with Crippen molar-refractivity contribution in [3.05, 3.63) is 81.5 Å². The summed E-state index contributed by atoms with van der Waals surface area (Å²) in [6.07, 6.45) is 0. The molecule has 8 heteroatoms. The van der Waals surface area contributed by atoms with Gasteiger partial charge in [-0.2, -0.15) is 0 Å². The second kappa shape index (κ2) is 9.36. The highest BCUT2D eigenvalue weighted by Gasteiger charge is 2.21. The van der Waals surface area contributed by atoms with Crippen molar-refractivity contribution in [1.82, 2.24) is 0 Å². The van der Waals surface area contributed by atoms with Gasteiger partial charge < -0.3 is 15.0 Å². The summed E-state index contributed by atoms with van der Waals surface area (Å²) >= 11 is 7.12. The molecule has 0 saturated heterocycles. The number of para-hydroxylation sites is 1. The molecule has 29 heavy (non-hydrogen) atoms. The van der Waals surface area contributed by atoms with Crippen LogP contribution in [0.15, 0.2) is 66.0 Å². The fraction of sp³-hybridized carbons (Fsp3) is 0.0952. The third-order valence-electron chi connectivity index (χ3n) is 3.98. The lowest BCUT2D eigenvalue weighted by Crippen LogP contribution is -2.28. The van der Waals surface area contributed by atoms with Gasteiger partial charge in [0.1, 0.15) is 0 Å². The van der Waals surface area contributed by atoms with Gasteiger partial charge in [0.2, 0.25) is 0 Å². The second-order valence-electron chi connectivity index (χ2n) is 5.99. The molecule has 0 fully saturated rings. The Kier molecular flexibility index (Phi) is 6.64. The zero-order chi connectivity index (χ0) is 20.8. The molecular weight excluding hydrogens is 412 g/mol. The molecule has 0 aliphatic carbocycles. The van der Waals surface area contributed by atoms with Crippen molar-refractivity contribution in [3.63, 3.8) is 0 Å². The van der Waals surface area contributed by atoms with Crippen molar-refractivity contribution in [3.8, 4) is 0 Å². The second-order valence-corrected chi connectivity index (χ2v) is 7.37. The highest BCUT2D eigenvalue weighted by molar-refractivity contribution is 7.12. The number of anilines is 2. The average molecular weight is 429 g/mol. The van der Waals surface area contributed by atoms with E-state index in [4.69, 9.17) is 16.3 Å². The molecule has 0 bridgehead atoms. The van der Waals surface area contributed by atoms with Crippen molar-refractivity contribution in [2.45, 2.75) is 0 Å². The van der Waals surface area contributed by atoms with Crippen LogP contribution in [0.4, 0.5) is 11.4 Å². The highest BCUT2D eigenvalue weighted by atomic mass is 35.5. The third-order valence-corrected chi connectivity index (χ3v) is 5.09. The molecule has 0 unspecified atom stereocenters. The van der Waals surface area contributed by atoms with Crippen molar-refractivity contribution in [2.24, 2.45) is 0 Å². The van der Waals surface area contributed by atoms with E-state index in [0.29, 0.717) is 21.3 Å². The van der Waals surface area contributed by atoms with Crippen LogP contribution in [0.3, 0.4) is 0 Å². The molecule has 0 atom stereocenters. The molecule has 0 radical (unpaired) electrons. The first-order valence-corrected chi connectivity index (χ1v) is 9.84. The van der Waals surface area contributed by atoms with Gasteiger partial charge >= 0.3 is 5.97 Å². The van der Waals surface area contributed by atoms with Crippen LogP contribution in [0, 0.1) is 0 Å². The van der Waals surface area contributed by atoms with Gasteiger partial charge in [0.05, 0.1) is 16.1 Å². The van der Waals surface area contributed by atoms with Gasteiger partial charge in [-0.3, -0.25) is 9.59 Å². The van der Waals surface area contributed by atoms with E-state index < -0.39 is 18.5 Å². The summed E-state index contributed by atoms with van der Waals surface area (Å²) in [5, 5.41) is 4.97. The predicted octanol–water partition coefficient (Wildman–Crippen LogP) is 4.47. The minimum absolute atomic E-state index is 0.194. The summed E-state index contributed by atoms with van der Waals surface area (Å²) in [5.74, 6) is -1.42.